The number of hydrogen-bond acceptors (Lipinski definition) is 3. The van der Waals surface area contributed by atoms with Gasteiger partial charge in [0.25, 0.3) is 0 Å². The van der Waals surface area contributed by atoms with E-state index in [-0.39, 0.29) is 28.1 Å². The first-order chi connectivity index (χ1) is 22.3. The molecule has 1 aliphatic heterocycles. The highest BCUT2D eigenvalue weighted by Crippen LogP contribution is 2.39. The molecule has 1 aromatic heterocycles. The van der Waals surface area contributed by atoms with E-state index in [1.54, 1.807) is 30.4 Å². The summed E-state index contributed by atoms with van der Waals surface area (Å²) >= 11 is 19.5. The van der Waals surface area contributed by atoms with E-state index in [4.69, 9.17) is 32.4 Å². The monoisotopic (exact) mass is 788 g/mol. The molecule has 236 valence electrons. The molecule has 0 saturated heterocycles. The van der Waals surface area contributed by atoms with Crippen molar-refractivity contribution in [2.75, 3.05) is 0 Å². The third-order valence-corrected chi connectivity index (χ3v) is 10.4. The highest BCUT2D eigenvalue weighted by molar-refractivity contribution is 9.13. The zero-order chi connectivity index (χ0) is 33.6. The van der Waals surface area contributed by atoms with Crippen LogP contribution in [0.15, 0.2) is 127 Å². The molecule has 4 nitrogen and oxygen atoms in total. The van der Waals surface area contributed by atoms with Crippen molar-refractivity contribution >= 4 is 78.4 Å². The predicted octanol–water partition coefficient (Wildman–Crippen LogP) is 11.3. The summed E-state index contributed by atoms with van der Waals surface area (Å²) in [6.07, 6.45) is 6.95. The number of allylic oxidation sites excluding steroid dienone is 6. The summed E-state index contributed by atoms with van der Waals surface area (Å²) in [4.78, 5) is 13.5. The molecular formula is C39H28Br2Cl2O4. The topological polar surface area (TPSA) is 60.7 Å². The van der Waals surface area contributed by atoms with E-state index < -0.39 is 0 Å². The lowest BCUT2D eigenvalue weighted by Crippen LogP contribution is -2.29. The van der Waals surface area contributed by atoms with Gasteiger partial charge in [-0.05, 0) is 131 Å². The first-order valence-electron chi connectivity index (χ1n) is 14.7. The quantitative estimate of drug-likeness (QED) is 0.149. The minimum absolute atomic E-state index is 0.110. The van der Waals surface area contributed by atoms with Gasteiger partial charge in [0.15, 0.2) is 5.78 Å². The zero-order valence-corrected chi connectivity index (χ0v) is 30.6. The maximum atomic E-state index is 13.5. The van der Waals surface area contributed by atoms with Gasteiger partial charge in [0.05, 0.1) is 27.1 Å². The van der Waals surface area contributed by atoms with Crippen LogP contribution in [0.2, 0.25) is 10.0 Å². The van der Waals surface area contributed by atoms with E-state index in [0.29, 0.717) is 44.2 Å². The highest BCUT2D eigenvalue weighted by atomic mass is 79.9. The second-order valence-corrected chi connectivity index (χ2v) is 14.9. The average Bonchev–Trinajstić information content (AvgIpc) is 3.04. The van der Waals surface area contributed by atoms with Gasteiger partial charge in [-0.25, -0.2) is 4.42 Å². The maximum Gasteiger partial charge on any atom is 0.360 e. The lowest BCUT2D eigenvalue weighted by Gasteiger charge is -2.29. The van der Waals surface area contributed by atoms with E-state index in [1.165, 1.54) is 0 Å². The predicted molar refractivity (Wildman–Crippen MR) is 195 cm³/mol. The minimum Gasteiger partial charge on any atom is -0.871 e. The number of benzene rings is 3. The molecule has 6 rings (SSSR count). The maximum absolute atomic E-state index is 13.5. The Morgan fingerprint density at radius 2 is 1.55 bits per heavy atom. The molecular weight excluding hydrogens is 763 g/mol. The van der Waals surface area contributed by atoms with Crippen LogP contribution in [0.5, 0.6) is 0 Å². The van der Waals surface area contributed by atoms with Crippen LogP contribution in [0.4, 0.5) is 0 Å². The number of halogens is 4. The summed E-state index contributed by atoms with van der Waals surface area (Å²) in [6, 6.07) is 22.6. The minimum atomic E-state index is -0.340. The second kappa shape index (κ2) is 13.1. The number of carbonyl (C=O) groups is 1. The standard InChI is InChI=1S/C39H28Br2Cl2O4/c1-21-7-5-6-8-26(21)35-17-22(15-33(46-35)24-9-11-29(40)30(41)19-24)13-27-37(44)28(38(27)45)14-23-16-34(47-36(18-23)39(2,3)4)25-10-12-31(42)32(43)20-25/h5-20H,1-4H3. The SMILES string of the molecule is Cc1ccccc1C1=CC(=CC2=C([O-])C(=Cc3cc(-c4ccc(Cl)c(Cl)c4)[o+]c(C(C)(C)C)c3)C2=O)C=C(c2ccc(Br)c(Br)c2)O1. The van der Waals surface area contributed by atoms with Crippen LogP contribution in [0.25, 0.3) is 28.9 Å². The first kappa shape index (κ1) is 33.2. The van der Waals surface area contributed by atoms with Crippen molar-refractivity contribution in [3.05, 3.63) is 161 Å². The molecule has 0 N–H and O–H groups in total. The Labute approximate surface area is 300 Å². The average molecular weight is 791 g/mol. The van der Waals surface area contributed by atoms with Crippen molar-refractivity contribution in [3.63, 3.8) is 0 Å². The second-order valence-electron chi connectivity index (χ2n) is 12.3. The third kappa shape index (κ3) is 6.97. The molecule has 0 saturated carbocycles. The normalized spacial score (nSPS) is 16.6. The van der Waals surface area contributed by atoms with Crippen LogP contribution in [0.1, 0.15) is 48.8 Å². The summed E-state index contributed by atoms with van der Waals surface area (Å²) < 4.78 is 14.4. The number of ketones is 1. The summed E-state index contributed by atoms with van der Waals surface area (Å²) in [6.45, 7) is 8.10. The summed E-state index contributed by atoms with van der Waals surface area (Å²) in [5.41, 5.74) is 4.74. The molecule has 2 heterocycles. The molecule has 0 radical (unpaired) electrons. The van der Waals surface area contributed by atoms with Gasteiger partial charge in [0, 0.05) is 37.3 Å². The summed E-state index contributed by atoms with van der Waals surface area (Å²) in [5.74, 6) is 1.80. The van der Waals surface area contributed by atoms with Crippen molar-refractivity contribution in [2.45, 2.75) is 33.1 Å². The largest absolute Gasteiger partial charge is 0.871 e. The van der Waals surface area contributed by atoms with E-state index >= 15 is 0 Å². The fourth-order valence-corrected chi connectivity index (χ4v) is 6.10. The lowest BCUT2D eigenvalue weighted by atomic mass is 9.84. The Kier molecular flexibility index (Phi) is 9.25. The van der Waals surface area contributed by atoms with Gasteiger partial charge < -0.3 is 9.84 Å². The molecule has 3 aromatic carbocycles. The molecule has 4 aromatic rings. The van der Waals surface area contributed by atoms with Gasteiger partial charge in [-0.2, -0.15) is 0 Å². The molecule has 0 atom stereocenters. The molecule has 0 amide bonds. The molecule has 0 bridgehead atoms. The zero-order valence-electron chi connectivity index (χ0n) is 25.9. The molecule has 0 spiro atoms. The Morgan fingerprint density at radius 3 is 2.23 bits per heavy atom. The number of rotatable bonds is 5. The summed E-state index contributed by atoms with van der Waals surface area (Å²) in [5, 5.41) is 14.3. The van der Waals surface area contributed by atoms with Crippen LogP contribution in [0, 0.1) is 6.92 Å². The third-order valence-electron chi connectivity index (χ3n) is 7.79. The van der Waals surface area contributed by atoms with Crippen molar-refractivity contribution in [1.82, 2.24) is 0 Å². The fourth-order valence-electron chi connectivity index (χ4n) is 5.17. The van der Waals surface area contributed by atoms with Crippen molar-refractivity contribution in [3.8, 4) is 11.3 Å². The van der Waals surface area contributed by atoms with Gasteiger partial charge in [-0.1, -0.05) is 59.3 Å². The van der Waals surface area contributed by atoms with E-state index in [0.717, 1.165) is 31.2 Å². The van der Waals surface area contributed by atoms with Crippen molar-refractivity contribution < 1.29 is 19.1 Å². The van der Waals surface area contributed by atoms with Crippen LogP contribution < -0.4 is 5.11 Å². The number of ether oxygens (including phenoxy) is 1. The fraction of sp³-hybridized carbons (Fsp3) is 0.128. The van der Waals surface area contributed by atoms with Crippen LogP contribution in [-0.4, -0.2) is 5.78 Å². The highest BCUT2D eigenvalue weighted by Gasteiger charge is 2.31. The smallest absolute Gasteiger partial charge is 0.360 e. The Bertz CT molecular complexity index is 2130. The van der Waals surface area contributed by atoms with E-state index in [9.17, 15) is 9.90 Å². The Balaban J connectivity index is 1.41. The van der Waals surface area contributed by atoms with E-state index in [2.05, 4.69) is 31.9 Å². The lowest BCUT2D eigenvalue weighted by molar-refractivity contribution is -0.300. The number of hydrogen-bond donors (Lipinski definition) is 0. The molecule has 1 aliphatic carbocycles. The van der Waals surface area contributed by atoms with Crippen molar-refractivity contribution in [2.24, 2.45) is 0 Å². The number of aryl methyl sites for hydroxylation is 1. The molecule has 0 unspecified atom stereocenters. The van der Waals surface area contributed by atoms with Crippen LogP contribution >= 0.6 is 55.1 Å². The van der Waals surface area contributed by atoms with Gasteiger partial charge in [0.1, 0.15) is 11.5 Å². The van der Waals surface area contributed by atoms with Gasteiger partial charge in [0.2, 0.25) is 0 Å². The Hall–Kier alpha value is -3.68. The van der Waals surface area contributed by atoms with Crippen LogP contribution in [0.3, 0.4) is 0 Å². The van der Waals surface area contributed by atoms with Crippen LogP contribution in [-0.2, 0) is 14.9 Å². The van der Waals surface area contributed by atoms with Gasteiger partial charge in [-0.15, -0.1) is 0 Å². The molecule has 8 heteroatoms. The number of Topliss-reactive ketones (excluding diaryl/α,β-unsaturated/α-hetero) is 1. The first-order valence-corrected chi connectivity index (χ1v) is 17.1. The van der Waals surface area contributed by atoms with Crippen molar-refractivity contribution in [1.29, 1.82) is 0 Å². The molecule has 2 aliphatic rings. The Morgan fingerprint density at radius 1 is 0.830 bits per heavy atom. The number of carbonyl (C=O) groups excluding carboxylic acids is 1. The van der Waals surface area contributed by atoms with E-state index in [1.807, 2.05) is 94.4 Å². The summed E-state index contributed by atoms with van der Waals surface area (Å²) in [7, 11) is 0. The molecule has 47 heavy (non-hydrogen) atoms. The van der Waals surface area contributed by atoms with Gasteiger partial charge >= 0.3 is 11.5 Å². The molecule has 0 fully saturated rings. The van der Waals surface area contributed by atoms with Gasteiger partial charge in [-0.3, -0.25) is 4.79 Å².